The van der Waals surface area contributed by atoms with Gasteiger partial charge in [-0.1, -0.05) is 19.4 Å². The van der Waals surface area contributed by atoms with Crippen LogP contribution in [0, 0.1) is 6.92 Å². The highest BCUT2D eigenvalue weighted by atomic mass is 14.9. The fourth-order valence-electron chi connectivity index (χ4n) is 1.61. The summed E-state index contributed by atoms with van der Waals surface area (Å²) < 4.78 is 0. The minimum absolute atomic E-state index is 0.457. The number of hydrogen-bond donors (Lipinski definition) is 1. The topological polar surface area (TPSA) is 24.9 Å². The van der Waals surface area contributed by atoms with Gasteiger partial charge in [-0.2, -0.15) is 0 Å². The summed E-state index contributed by atoms with van der Waals surface area (Å²) in [6.07, 6.45) is 4.21. The highest BCUT2D eigenvalue weighted by Gasteiger charge is 2.09. The van der Waals surface area contributed by atoms with E-state index in [9.17, 15) is 0 Å². The van der Waals surface area contributed by atoms with Crippen LogP contribution in [0.4, 0.5) is 0 Å². The summed E-state index contributed by atoms with van der Waals surface area (Å²) in [6, 6.07) is 4.61. The average Bonchev–Trinajstić information content (AvgIpc) is 2.16. The van der Waals surface area contributed by atoms with Gasteiger partial charge in [-0.05, 0) is 32.0 Å². The van der Waals surface area contributed by atoms with Crippen molar-refractivity contribution in [1.82, 2.24) is 10.3 Å². The maximum Gasteiger partial charge on any atom is 0.0420 e. The normalized spacial score (nSPS) is 12.8. The first-order valence-corrected chi connectivity index (χ1v) is 4.88. The minimum Gasteiger partial charge on any atom is -0.313 e. The van der Waals surface area contributed by atoms with Crippen molar-refractivity contribution in [3.8, 4) is 0 Å². The fraction of sp³-hybridized carbons (Fsp3) is 0.545. The first-order valence-electron chi connectivity index (χ1n) is 4.88. The van der Waals surface area contributed by atoms with E-state index >= 15 is 0 Å². The van der Waals surface area contributed by atoms with Crippen molar-refractivity contribution in [2.45, 2.75) is 32.7 Å². The summed E-state index contributed by atoms with van der Waals surface area (Å²) in [4.78, 5) is 4.29. The molecule has 72 valence electrons. The molecular formula is C11H18N2. The zero-order valence-corrected chi connectivity index (χ0v) is 8.67. The molecule has 0 radical (unpaired) electrons. The van der Waals surface area contributed by atoms with E-state index in [0.717, 1.165) is 5.69 Å². The summed E-state index contributed by atoms with van der Waals surface area (Å²) in [5.41, 5.74) is 2.46. The lowest BCUT2D eigenvalue weighted by atomic mass is 10.0. The van der Waals surface area contributed by atoms with Crippen LogP contribution in [-0.2, 0) is 0 Å². The molecule has 1 N–H and O–H groups in total. The average molecular weight is 178 g/mol. The van der Waals surface area contributed by atoms with Gasteiger partial charge in [0.05, 0.1) is 0 Å². The molecule has 1 aromatic rings. The molecular weight excluding hydrogens is 160 g/mol. The standard InChI is InChI=1S/C11H18N2/c1-4-6-11(12-3)10-7-5-8-13-9(10)2/h5,7-8,11-12H,4,6H2,1-3H3. The molecule has 0 amide bonds. The second-order valence-corrected chi connectivity index (χ2v) is 3.31. The number of pyridine rings is 1. The van der Waals surface area contributed by atoms with Gasteiger partial charge in [0, 0.05) is 17.9 Å². The third-order valence-electron chi connectivity index (χ3n) is 2.35. The van der Waals surface area contributed by atoms with Crippen molar-refractivity contribution in [3.05, 3.63) is 29.6 Å². The van der Waals surface area contributed by atoms with Gasteiger partial charge >= 0.3 is 0 Å². The van der Waals surface area contributed by atoms with Gasteiger partial charge in [0.25, 0.3) is 0 Å². The van der Waals surface area contributed by atoms with E-state index in [4.69, 9.17) is 0 Å². The fourth-order valence-corrected chi connectivity index (χ4v) is 1.61. The highest BCUT2D eigenvalue weighted by Crippen LogP contribution is 2.19. The minimum atomic E-state index is 0.457. The second-order valence-electron chi connectivity index (χ2n) is 3.31. The van der Waals surface area contributed by atoms with Crippen molar-refractivity contribution in [3.63, 3.8) is 0 Å². The van der Waals surface area contributed by atoms with Gasteiger partial charge in [0.1, 0.15) is 0 Å². The number of nitrogens with one attached hydrogen (secondary N) is 1. The second kappa shape index (κ2) is 4.97. The number of rotatable bonds is 4. The molecule has 13 heavy (non-hydrogen) atoms. The molecule has 0 aliphatic heterocycles. The predicted molar refractivity (Wildman–Crippen MR) is 55.7 cm³/mol. The van der Waals surface area contributed by atoms with Crippen LogP contribution in [0.5, 0.6) is 0 Å². The van der Waals surface area contributed by atoms with E-state index in [-0.39, 0.29) is 0 Å². The van der Waals surface area contributed by atoms with Crippen LogP contribution in [0.3, 0.4) is 0 Å². The van der Waals surface area contributed by atoms with Gasteiger partial charge in [-0.3, -0.25) is 4.98 Å². The zero-order valence-electron chi connectivity index (χ0n) is 8.67. The molecule has 0 saturated heterocycles. The van der Waals surface area contributed by atoms with Crippen molar-refractivity contribution in [1.29, 1.82) is 0 Å². The summed E-state index contributed by atoms with van der Waals surface area (Å²) in [5.74, 6) is 0. The molecule has 0 aliphatic rings. The summed E-state index contributed by atoms with van der Waals surface area (Å²) >= 11 is 0. The van der Waals surface area contributed by atoms with Crippen LogP contribution in [0.25, 0.3) is 0 Å². The Bertz CT molecular complexity index is 258. The van der Waals surface area contributed by atoms with Gasteiger partial charge in [0.2, 0.25) is 0 Å². The Hall–Kier alpha value is -0.890. The molecule has 0 aromatic carbocycles. The number of aromatic nitrogens is 1. The molecule has 0 bridgehead atoms. The van der Waals surface area contributed by atoms with Crippen LogP contribution >= 0.6 is 0 Å². The Morgan fingerprint density at radius 1 is 1.54 bits per heavy atom. The smallest absolute Gasteiger partial charge is 0.0420 e. The summed E-state index contributed by atoms with van der Waals surface area (Å²) in [7, 11) is 2.01. The summed E-state index contributed by atoms with van der Waals surface area (Å²) in [5, 5.41) is 3.32. The lowest BCUT2D eigenvalue weighted by Crippen LogP contribution is -2.17. The molecule has 2 nitrogen and oxygen atoms in total. The van der Waals surface area contributed by atoms with Crippen LogP contribution in [0.1, 0.15) is 37.1 Å². The zero-order chi connectivity index (χ0) is 9.68. The molecule has 1 aromatic heterocycles. The van der Waals surface area contributed by atoms with Crippen LogP contribution in [0.2, 0.25) is 0 Å². The van der Waals surface area contributed by atoms with E-state index in [0.29, 0.717) is 6.04 Å². The SMILES string of the molecule is CCCC(NC)c1cccnc1C. The quantitative estimate of drug-likeness (QED) is 0.766. The molecule has 1 unspecified atom stereocenters. The van der Waals surface area contributed by atoms with Crippen molar-refractivity contribution < 1.29 is 0 Å². The molecule has 2 heteroatoms. The predicted octanol–water partition coefficient (Wildman–Crippen LogP) is 2.45. The third-order valence-corrected chi connectivity index (χ3v) is 2.35. The summed E-state index contributed by atoms with van der Waals surface area (Å²) in [6.45, 7) is 4.27. The Morgan fingerprint density at radius 2 is 2.31 bits per heavy atom. The Labute approximate surface area is 80.4 Å². The van der Waals surface area contributed by atoms with E-state index in [2.05, 4.69) is 30.2 Å². The van der Waals surface area contributed by atoms with Crippen molar-refractivity contribution in [2.24, 2.45) is 0 Å². The highest BCUT2D eigenvalue weighted by molar-refractivity contribution is 5.22. The van der Waals surface area contributed by atoms with Crippen LogP contribution in [-0.4, -0.2) is 12.0 Å². The van der Waals surface area contributed by atoms with Gasteiger partial charge in [-0.15, -0.1) is 0 Å². The largest absolute Gasteiger partial charge is 0.313 e. The van der Waals surface area contributed by atoms with Crippen molar-refractivity contribution >= 4 is 0 Å². The Morgan fingerprint density at radius 3 is 2.85 bits per heavy atom. The first-order chi connectivity index (χ1) is 6.29. The van der Waals surface area contributed by atoms with Gasteiger partial charge in [0.15, 0.2) is 0 Å². The van der Waals surface area contributed by atoms with E-state index < -0.39 is 0 Å². The van der Waals surface area contributed by atoms with Gasteiger partial charge in [-0.25, -0.2) is 0 Å². The van der Waals surface area contributed by atoms with Gasteiger partial charge < -0.3 is 5.32 Å². The Kier molecular flexibility index (Phi) is 3.90. The third kappa shape index (κ3) is 2.52. The van der Waals surface area contributed by atoms with Crippen molar-refractivity contribution in [2.75, 3.05) is 7.05 Å². The maximum absolute atomic E-state index is 4.29. The molecule has 1 heterocycles. The lowest BCUT2D eigenvalue weighted by Gasteiger charge is -2.16. The molecule has 0 saturated carbocycles. The number of nitrogens with zero attached hydrogens (tertiary/aromatic N) is 1. The van der Waals surface area contributed by atoms with Crippen LogP contribution < -0.4 is 5.32 Å². The van der Waals surface area contributed by atoms with E-state index in [1.807, 2.05) is 19.3 Å². The van der Waals surface area contributed by atoms with Crippen LogP contribution in [0.15, 0.2) is 18.3 Å². The van der Waals surface area contributed by atoms with E-state index in [1.54, 1.807) is 0 Å². The monoisotopic (exact) mass is 178 g/mol. The maximum atomic E-state index is 4.29. The number of aryl methyl sites for hydroxylation is 1. The molecule has 0 spiro atoms. The molecule has 1 atom stereocenters. The molecule has 0 fully saturated rings. The number of hydrogen-bond acceptors (Lipinski definition) is 2. The Balaban J connectivity index is 2.84. The lowest BCUT2D eigenvalue weighted by molar-refractivity contribution is 0.537. The molecule has 0 aliphatic carbocycles. The molecule has 1 rings (SSSR count). The van der Waals surface area contributed by atoms with E-state index in [1.165, 1.54) is 18.4 Å². The first kappa shape index (κ1) is 10.2.